The van der Waals surface area contributed by atoms with Crippen molar-refractivity contribution in [3.8, 4) is 0 Å². The Balaban J connectivity index is 1.53. The molecule has 0 bridgehead atoms. The minimum atomic E-state index is 0.0388. The van der Waals surface area contributed by atoms with Gasteiger partial charge in [0.05, 0.1) is 5.75 Å². The predicted octanol–water partition coefficient (Wildman–Crippen LogP) is 2.73. The first-order valence-corrected chi connectivity index (χ1v) is 9.84. The van der Waals surface area contributed by atoms with E-state index in [2.05, 4.69) is 24.0 Å². The van der Waals surface area contributed by atoms with Gasteiger partial charge in [-0.2, -0.15) is 11.8 Å². The highest BCUT2D eigenvalue weighted by molar-refractivity contribution is 7.98. The van der Waals surface area contributed by atoms with E-state index in [1.54, 1.807) is 11.8 Å². The SMILES string of the molecule is CCSCc1cc(C(=O)N2CC[C@@H](C3CCN(C)CC3)C2)no1. The average Bonchev–Trinajstić information content (AvgIpc) is 3.22. The number of aromatic nitrogens is 1. The van der Waals surface area contributed by atoms with Crippen LogP contribution in [-0.2, 0) is 5.75 Å². The van der Waals surface area contributed by atoms with Gasteiger partial charge < -0.3 is 14.3 Å². The lowest BCUT2D eigenvalue weighted by Gasteiger charge is -2.32. The van der Waals surface area contributed by atoms with Crippen LogP contribution in [0.3, 0.4) is 0 Å². The van der Waals surface area contributed by atoms with Crippen LogP contribution in [0.25, 0.3) is 0 Å². The van der Waals surface area contributed by atoms with Crippen molar-refractivity contribution in [1.82, 2.24) is 15.0 Å². The Kier molecular flexibility index (Phi) is 5.64. The second-order valence-electron chi connectivity index (χ2n) is 6.76. The molecule has 0 unspecified atom stereocenters. The largest absolute Gasteiger partial charge is 0.360 e. The highest BCUT2D eigenvalue weighted by Crippen LogP contribution is 2.32. The molecule has 2 aliphatic heterocycles. The quantitative estimate of drug-likeness (QED) is 0.827. The van der Waals surface area contributed by atoms with E-state index in [0.717, 1.165) is 42.7 Å². The molecular formula is C17H27N3O2S. The Bertz CT molecular complexity index is 526. The smallest absolute Gasteiger partial charge is 0.276 e. The number of thioether (sulfide) groups is 1. The summed E-state index contributed by atoms with van der Waals surface area (Å²) in [6.45, 7) is 6.25. The van der Waals surface area contributed by atoms with Crippen LogP contribution in [0, 0.1) is 11.8 Å². The Hall–Kier alpha value is -1.01. The number of hydrogen-bond acceptors (Lipinski definition) is 5. The highest BCUT2D eigenvalue weighted by Gasteiger charge is 2.34. The maximum Gasteiger partial charge on any atom is 0.276 e. The maximum absolute atomic E-state index is 12.6. The Morgan fingerprint density at radius 1 is 1.30 bits per heavy atom. The number of nitrogens with zero attached hydrogens (tertiary/aromatic N) is 3. The van der Waals surface area contributed by atoms with E-state index in [9.17, 15) is 4.79 Å². The van der Waals surface area contributed by atoms with Gasteiger partial charge in [-0.05, 0) is 57.0 Å². The van der Waals surface area contributed by atoms with Crippen molar-refractivity contribution in [2.24, 2.45) is 11.8 Å². The second-order valence-corrected chi connectivity index (χ2v) is 8.03. The van der Waals surface area contributed by atoms with Gasteiger partial charge in [0.1, 0.15) is 5.76 Å². The molecule has 0 N–H and O–H groups in total. The van der Waals surface area contributed by atoms with E-state index in [0.29, 0.717) is 11.6 Å². The first-order chi connectivity index (χ1) is 11.2. The zero-order chi connectivity index (χ0) is 16.2. The summed E-state index contributed by atoms with van der Waals surface area (Å²) >= 11 is 1.78. The molecule has 1 amide bonds. The monoisotopic (exact) mass is 337 g/mol. The van der Waals surface area contributed by atoms with Gasteiger partial charge in [0, 0.05) is 19.2 Å². The molecule has 2 aliphatic rings. The summed E-state index contributed by atoms with van der Waals surface area (Å²) in [4.78, 5) is 17.0. The minimum Gasteiger partial charge on any atom is -0.360 e. The van der Waals surface area contributed by atoms with Crippen LogP contribution in [-0.4, -0.2) is 59.8 Å². The number of carbonyl (C=O) groups is 1. The molecule has 5 nitrogen and oxygen atoms in total. The zero-order valence-electron chi connectivity index (χ0n) is 14.2. The third-order valence-corrected chi connectivity index (χ3v) is 6.07. The molecule has 6 heteroatoms. The summed E-state index contributed by atoms with van der Waals surface area (Å²) in [7, 11) is 2.19. The van der Waals surface area contributed by atoms with Crippen LogP contribution in [0.2, 0.25) is 0 Å². The molecule has 0 aromatic carbocycles. The summed E-state index contributed by atoms with van der Waals surface area (Å²) in [5.74, 6) is 4.10. The van der Waals surface area contributed by atoms with Gasteiger partial charge >= 0.3 is 0 Å². The van der Waals surface area contributed by atoms with Crippen molar-refractivity contribution < 1.29 is 9.32 Å². The molecular weight excluding hydrogens is 310 g/mol. The van der Waals surface area contributed by atoms with E-state index in [-0.39, 0.29) is 5.91 Å². The van der Waals surface area contributed by atoms with Crippen LogP contribution in [0.4, 0.5) is 0 Å². The van der Waals surface area contributed by atoms with Gasteiger partial charge in [-0.3, -0.25) is 4.79 Å². The molecule has 1 aromatic rings. The first kappa shape index (κ1) is 16.8. The molecule has 1 atom stereocenters. The summed E-state index contributed by atoms with van der Waals surface area (Å²) < 4.78 is 5.28. The molecule has 0 radical (unpaired) electrons. The van der Waals surface area contributed by atoms with E-state index < -0.39 is 0 Å². The predicted molar refractivity (Wildman–Crippen MR) is 92.6 cm³/mol. The van der Waals surface area contributed by atoms with Crippen LogP contribution in [0.5, 0.6) is 0 Å². The Labute approximate surface area is 142 Å². The molecule has 2 saturated heterocycles. The van der Waals surface area contributed by atoms with E-state index in [1.165, 1.54) is 25.9 Å². The minimum absolute atomic E-state index is 0.0388. The molecule has 3 rings (SSSR count). The summed E-state index contributed by atoms with van der Waals surface area (Å²) in [5.41, 5.74) is 0.473. The standard InChI is InChI=1S/C17H27N3O2S/c1-3-23-12-15-10-16(18-22-15)17(21)20-9-6-14(11-20)13-4-7-19(2)8-5-13/h10,13-14H,3-9,11-12H2,1-2H3/t14-/m1/s1. The number of rotatable bonds is 5. The van der Waals surface area contributed by atoms with Gasteiger partial charge in [-0.25, -0.2) is 0 Å². The summed E-state index contributed by atoms with van der Waals surface area (Å²) in [6.07, 6.45) is 3.67. The molecule has 2 fully saturated rings. The normalized spacial score (nSPS) is 23.6. The lowest BCUT2D eigenvalue weighted by atomic mass is 9.84. The summed E-state index contributed by atoms with van der Waals surface area (Å²) in [5, 5.41) is 3.97. The molecule has 0 saturated carbocycles. The third kappa shape index (κ3) is 4.10. The van der Waals surface area contributed by atoms with Crippen molar-refractivity contribution in [3.05, 3.63) is 17.5 Å². The number of piperidine rings is 1. The van der Waals surface area contributed by atoms with Crippen LogP contribution in [0.15, 0.2) is 10.6 Å². The third-order valence-electron chi connectivity index (χ3n) is 5.17. The molecule has 0 spiro atoms. The van der Waals surface area contributed by atoms with E-state index >= 15 is 0 Å². The second kappa shape index (κ2) is 7.71. The molecule has 0 aliphatic carbocycles. The molecule has 23 heavy (non-hydrogen) atoms. The Morgan fingerprint density at radius 3 is 2.78 bits per heavy atom. The number of likely N-dealkylation sites (tertiary alicyclic amines) is 2. The fourth-order valence-electron chi connectivity index (χ4n) is 3.70. The van der Waals surface area contributed by atoms with Crippen molar-refractivity contribution in [2.45, 2.75) is 31.9 Å². The van der Waals surface area contributed by atoms with Crippen LogP contribution < -0.4 is 0 Å². The van der Waals surface area contributed by atoms with Gasteiger partial charge in [-0.1, -0.05) is 12.1 Å². The van der Waals surface area contributed by atoms with Crippen LogP contribution >= 0.6 is 11.8 Å². The number of hydrogen-bond donors (Lipinski definition) is 0. The Morgan fingerprint density at radius 2 is 2.04 bits per heavy atom. The van der Waals surface area contributed by atoms with Gasteiger partial charge in [0.2, 0.25) is 0 Å². The van der Waals surface area contributed by atoms with Crippen molar-refractivity contribution in [1.29, 1.82) is 0 Å². The van der Waals surface area contributed by atoms with Gasteiger partial charge in [-0.15, -0.1) is 0 Å². The topological polar surface area (TPSA) is 49.6 Å². The van der Waals surface area contributed by atoms with Crippen LogP contribution in [0.1, 0.15) is 42.4 Å². The van der Waals surface area contributed by atoms with Crippen molar-refractivity contribution in [2.75, 3.05) is 39.0 Å². The maximum atomic E-state index is 12.6. The van der Waals surface area contributed by atoms with Crippen molar-refractivity contribution in [3.63, 3.8) is 0 Å². The fraction of sp³-hybridized carbons (Fsp3) is 0.765. The fourth-order valence-corrected chi connectivity index (χ4v) is 4.24. The molecule has 1 aromatic heterocycles. The summed E-state index contributed by atoms with van der Waals surface area (Å²) in [6, 6.07) is 1.81. The highest BCUT2D eigenvalue weighted by atomic mass is 32.2. The molecule has 128 valence electrons. The van der Waals surface area contributed by atoms with E-state index in [1.807, 2.05) is 11.0 Å². The van der Waals surface area contributed by atoms with Gasteiger partial charge in [0.15, 0.2) is 5.69 Å². The first-order valence-electron chi connectivity index (χ1n) is 8.68. The average molecular weight is 337 g/mol. The van der Waals surface area contributed by atoms with E-state index in [4.69, 9.17) is 4.52 Å². The lowest BCUT2D eigenvalue weighted by molar-refractivity contribution is 0.0765. The zero-order valence-corrected chi connectivity index (χ0v) is 15.0. The molecule has 3 heterocycles. The lowest BCUT2D eigenvalue weighted by Crippen LogP contribution is -2.35. The number of amides is 1. The number of carbonyl (C=O) groups excluding carboxylic acids is 1. The van der Waals surface area contributed by atoms with Crippen molar-refractivity contribution >= 4 is 17.7 Å². The van der Waals surface area contributed by atoms with Gasteiger partial charge in [0.25, 0.3) is 5.91 Å².